The Bertz CT molecular complexity index is 632. The van der Waals surface area contributed by atoms with E-state index in [-0.39, 0.29) is 0 Å². The zero-order valence-corrected chi connectivity index (χ0v) is 12.0. The third-order valence-corrected chi connectivity index (χ3v) is 4.32. The molecule has 0 aliphatic carbocycles. The molecule has 1 fully saturated rings. The lowest BCUT2D eigenvalue weighted by molar-refractivity contribution is 0.0830. The van der Waals surface area contributed by atoms with Crippen molar-refractivity contribution in [1.29, 1.82) is 0 Å². The highest BCUT2D eigenvalue weighted by atomic mass is 16.5. The molecule has 2 aliphatic heterocycles. The Kier molecular flexibility index (Phi) is 3.35. The first-order valence-electron chi connectivity index (χ1n) is 7.69. The molecule has 0 saturated carbocycles. The first kappa shape index (κ1) is 12.8. The van der Waals surface area contributed by atoms with E-state index in [9.17, 15) is 0 Å². The minimum absolute atomic E-state index is 0.371. The molecule has 0 radical (unpaired) electrons. The molecule has 5 nitrogen and oxygen atoms in total. The first-order chi connectivity index (χ1) is 10.4. The number of anilines is 1. The van der Waals surface area contributed by atoms with Gasteiger partial charge in [0, 0.05) is 36.9 Å². The Morgan fingerprint density at radius 1 is 1.19 bits per heavy atom. The summed E-state index contributed by atoms with van der Waals surface area (Å²) >= 11 is 0. The third-order valence-electron chi connectivity index (χ3n) is 4.32. The van der Waals surface area contributed by atoms with Crippen LogP contribution in [0.2, 0.25) is 0 Å². The molecule has 0 atom stereocenters. The number of benzene rings is 1. The summed E-state index contributed by atoms with van der Waals surface area (Å²) in [6.45, 7) is 2.64. The summed E-state index contributed by atoms with van der Waals surface area (Å²) in [7, 11) is 0. The van der Waals surface area contributed by atoms with Gasteiger partial charge in [-0.15, -0.1) is 0 Å². The minimum Gasteiger partial charge on any atom is -0.385 e. The average Bonchev–Trinajstić information content (AvgIpc) is 3.05. The Morgan fingerprint density at radius 2 is 2.10 bits per heavy atom. The number of hydrogen-bond acceptors (Lipinski definition) is 5. The largest absolute Gasteiger partial charge is 0.385 e. The van der Waals surface area contributed by atoms with Crippen molar-refractivity contribution in [3.63, 3.8) is 0 Å². The molecule has 1 aromatic carbocycles. The van der Waals surface area contributed by atoms with Gasteiger partial charge in [0.05, 0.1) is 0 Å². The van der Waals surface area contributed by atoms with Gasteiger partial charge in [-0.3, -0.25) is 0 Å². The van der Waals surface area contributed by atoms with E-state index < -0.39 is 0 Å². The zero-order chi connectivity index (χ0) is 14.1. The molecule has 0 spiro atoms. The fraction of sp³-hybridized carbons (Fsp3) is 0.500. The fourth-order valence-electron chi connectivity index (χ4n) is 3.08. The standard InChI is InChI=1S/C16H19N3O2/c1-2-12-10-13(3-4-14(12)17-7-1)16-18-15(19-21-16)11-5-8-20-9-6-11/h3-4,10-11,17H,1-2,5-9H2. The number of nitrogens with one attached hydrogen (secondary N) is 1. The molecule has 0 bridgehead atoms. The van der Waals surface area contributed by atoms with Gasteiger partial charge in [0.25, 0.3) is 5.89 Å². The van der Waals surface area contributed by atoms with E-state index in [4.69, 9.17) is 9.26 Å². The van der Waals surface area contributed by atoms with E-state index in [1.807, 2.05) is 0 Å². The lowest BCUT2D eigenvalue weighted by Crippen LogP contribution is -2.15. The van der Waals surface area contributed by atoms with Crippen LogP contribution in [0.5, 0.6) is 0 Å². The smallest absolute Gasteiger partial charge is 0.257 e. The average molecular weight is 285 g/mol. The van der Waals surface area contributed by atoms with Crippen LogP contribution >= 0.6 is 0 Å². The molecular formula is C16H19N3O2. The monoisotopic (exact) mass is 285 g/mol. The summed E-state index contributed by atoms with van der Waals surface area (Å²) in [6, 6.07) is 6.34. The van der Waals surface area contributed by atoms with Crippen molar-refractivity contribution >= 4 is 5.69 Å². The molecule has 1 aromatic heterocycles. The van der Waals surface area contributed by atoms with E-state index in [0.29, 0.717) is 11.8 Å². The third kappa shape index (κ3) is 2.53. The molecule has 110 valence electrons. The van der Waals surface area contributed by atoms with E-state index in [1.54, 1.807) is 0 Å². The summed E-state index contributed by atoms with van der Waals surface area (Å²) in [4.78, 5) is 4.60. The van der Waals surface area contributed by atoms with Crippen LogP contribution in [0.25, 0.3) is 11.5 Å². The van der Waals surface area contributed by atoms with Gasteiger partial charge in [-0.1, -0.05) is 5.16 Å². The van der Waals surface area contributed by atoms with E-state index >= 15 is 0 Å². The van der Waals surface area contributed by atoms with Crippen LogP contribution in [-0.4, -0.2) is 29.9 Å². The SMILES string of the molecule is c1cc2c(cc1-c1nc(C3CCOCC3)no1)CCCN2. The van der Waals surface area contributed by atoms with E-state index in [1.165, 1.54) is 17.7 Å². The number of aryl methyl sites for hydroxylation is 1. The Morgan fingerprint density at radius 3 is 3.00 bits per heavy atom. The summed E-state index contributed by atoms with van der Waals surface area (Å²) in [6.07, 6.45) is 4.24. The predicted octanol–water partition coefficient (Wildman–Crippen LogP) is 2.99. The summed E-state index contributed by atoms with van der Waals surface area (Å²) in [5.74, 6) is 1.82. The van der Waals surface area contributed by atoms with E-state index in [2.05, 4.69) is 33.7 Å². The van der Waals surface area contributed by atoms with Gasteiger partial charge < -0.3 is 14.6 Å². The van der Waals surface area contributed by atoms with Crippen molar-refractivity contribution in [3.05, 3.63) is 29.6 Å². The Labute approximate surface area is 123 Å². The zero-order valence-electron chi connectivity index (χ0n) is 12.0. The second-order valence-corrected chi connectivity index (χ2v) is 5.75. The van der Waals surface area contributed by atoms with Gasteiger partial charge >= 0.3 is 0 Å². The van der Waals surface area contributed by atoms with Crippen LogP contribution in [0, 0.1) is 0 Å². The van der Waals surface area contributed by atoms with Crippen LogP contribution in [-0.2, 0) is 11.2 Å². The molecule has 3 heterocycles. The van der Waals surface area contributed by atoms with Gasteiger partial charge in [-0.05, 0) is 49.4 Å². The second kappa shape index (κ2) is 5.48. The molecule has 2 aliphatic rings. The van der Waals surface area contributed by atoms with Gasteiger partial charge in [0.2, 0.25) is 0 Å². The lowest BCUT2D eigenvalue weighted by Gasteiger charge is -2.18. The fourth-order valence-corrected chi connectivity index (χ4v) is 3.08. The number of hydrogen-bond donors (Lipinski definition) is 1. The summed E-state index contributed by atoms with van der Waals surface area (Å²) in [5, 5.41) is 7.59. The van der Waals surface area contributed by atoms with Crippen LogP contribution in [0.4, 0.5) is 5.69 Å². The quantitative estimate of drug-likeness (QED) is 0.919. The maximum Gasteiger partial charge on any atom is 0.257 e. The van der Waals surface area contributed by atoms with Crippen LogP contribution < -0.4 is 5.32 Å². The number of rotatable bonds is 2. The molecule has 1 N–H and O–H groups in total. The molecule has 0 unspecified atom stereocenters. The van der Waals surface area contributed by atoms with E-state index in [0.717, 1.165) is 50.4 Å². The first-order valence-corrected chi connectivity index (χ1v) is 7.69. The molecule has 4 rings (SSSR count). The topological polar surface area (TPSA) is 60.2 Å². The van der Waals surface area contributed by atoms with Crippen LogP contribution in [0.3, 0.4) is 0 Å². The number of ether oxygens (including phenoxy) is 1. The normalized spacial score (nSPS) is 19.0. The predicted molar refractivity (Wildman–Crippen MR) is 79.3 cm³/mol. The number of aromatic nitrogens is 2. The maximum absolute atomic E-state index is 5.47. The van der Waals surface area contributed by atoms with Crippen molar-refractivity contribution in [3.8, 4) is 11.5 Å². The Balaban J connectivity index is 1.60. The minimum atomic E-state index is 0.371. The van der Waals surface area contributed by atoms with Gasteiger partial charge in [-0.2, -0.15) is 4.98 Å². The van der Waals surface area contributed by atoms with Crippen molar-refractivity contribution < 1.29 is 9.26 Å². The molecular weight excluding hydrogens is 266 g/mol. The van der Waals surface area contributed by atoms with Crippen molar-refractivity contribution in [2.24, 2.45) is 0 Å². The maximum atomic E-state index is 5.47. The van der Waals surface area contributed by atoms with Crippen molar-refractivity contribution in [2.75, 3.05) is 25.1 Å². The lowest BCUT2D eigenvalue weighted by atomic mass is 9.99. The highest BCUT2D eigenvalue weighted by Gasteiger charge is 2.22. The summed E-state index contributed by atoms with van der Waals surface area (Å²) < 4.78 is 10.9. The van der Waals surface area contributed by atoms with Gasteiger partial charge in [-0.25, -0.2) is 0 Å². The van der Waals surface area contributed by atoms with Crippen molar-refractivity contribution in [2.45, 2.75) is 31.6 Å². The van der Waals surface area contributed by atoms with Crippen LogP contribution in [0.1, 0.15) is 36.6 Å². The van der Waals surface area contributed by atoms with Crippen LogP contribution in [0.15, 0.2) is 22.7 Å². The summed E-state index contributed by atoms with van der Waals surface area (Å²) in [5.41, 5.74) is 3.59. The Hall–Kier alpha value is -1.88. The molecule has 5 heteroatoms. The molecule has 2 aromatic rings. The van der Waals surface area contributed by atoms with Crippen molar-refractivity contribution in [1.82, 2.24) is 10.1 Å². The molecule has 21 heavy (non-hydrogen) atoms. The second-order valence-electron chi connectivity index (χ2n) is 5.75. The highest BCUT2D eigenvalue weighted by molar-refractivity contribution is 5.63. The number of nitrogens with zero attached hydrogens (tertiary/aromatic N) is 2. The van der Waals surface area contributed by atoms with Gasteiger partial charge in [0.15, 0.2) is 5.82 Å². The molecule has 1 saturated heterocycles. The highest BCUT2D eigenvalue weighted by Crippen LogP contribution is 2.30. The molecule has 0 amide bonds. The number of fused-ring (bicyclic) bond motifs is 1. The van der Waals surface area contributed by atoms with Gasteiger partial charge in [0.1, 0.15) is 0 Å².